The van der Waals surface area contributed by atoms with Gasteiger partial charge in [-0.05, 0) is 49.8 Å². The summed E-state index contributed by atoms with van der Waals surface area (Å²) in [5.74, 6) is -0.515. The second kappa shape index (κ2) is 9.39. The fourth-order valence-corrected chi connectivity index (χ4v) is 4.62. The molecule has 1 heterocycles. The number of nitrogens with two attached hydrogens (primary N) is 1. The topological polar surface area (TPSA) is 105 Å². The summed E-state index contributed by atoms with van der Waals surface area (Å²) in [6, 6.07) is 9.18. The maximum absolute atomic E-state index is 12.8. The van der Waals surface area contributed by atoms with Gasteiger partial charge in [0, 0.05) is 10.4 Å². The molecule has 1 aromatic heterocycles. The van der Waals surface area contributed by atoms with Crippen molar-refractivity contribution >= 4 is 34.2 Å². The number of nitriles is 1. The SMILES string of the molecule is CCCOc1ccccc1C=C(C#N)C(=O)Nc1sc2c(c1C(N)=O)CCCC2. The van der Waals surface area contributed by atoms with E-state index in [4.69, 9.17) is 10.5 Å². The minimum absolute atomic E-state index is 0.0701. The van der Waals surface area contributed by atoms with E-state index in [1.165, 1.54) is 17.4 Å². The van der Waals surface area contributed by atoms with E-state index in [2.05, 4.69) is 5.32 Å². The first-order valence-electron chi connectivity index (χ1n) is 9.64. The van der Waals surface area contributed by atoms with Gasteiger partial charge in [0.2, 0.25) is 0 Å². The predicted molar refractivity (Wildman–Crippen MR) is 114 cm³/mol. The van der Waals surface area contributed by atoms with Crippen molar-refractivity contribution in [3.05, 3.63) is 51.4 Å². The maximum atomic E-state index is 12.8. The summed E-state index contributed by atoms with van der Waals surface area (Å²) < 4.78 is 5.69. The Hall–Kier alpha value is -3.11. The molecule has 1 aliphatic rings. The number of carbonyl (C=O) groups excluding carboxylic acids is 2. The number of aryl methyl sites for hydroxylation is 1. The van der Waals surface area contributed by atoms with Gasteiger partial charge in [0.1, 0.15) is 22.4 Å². The number of amides is 2. The Morgan fingerprint density at radius 1 is 1.31 bits per heavy atom. The first-order chi connectivity index (χ1) is 14.0. The largest absolute Gasteiger partial charge is 0.493 e. The van der Waals surface area contributed by atoms with E-state index in [-0.39, 0.29) is 5.57 Å². The second-order valence-electron chi connectivity index (χ2n) is 6.79. The zero-order chi connectivity index (χ0) is 20.8. The van der Waals surface area contributed by atoms with Crippen molar-refractivity contribution < 1.29 is 14.3 Å². The molecule has 0 saturated heterocycles. The lowest BCUT2D eigenvalue weighted by molar-refractivity contribution is -0.112. The Kier molecular flexibility index (Phi) is 6.68. The molecule has 150 valence electrons. The summed E-state index contributed by atoms with van der Waals surface area (Å²) in [5, 5.41) is 12.7. The van der Waals surface area contributed by atoms with Crippen LogP contribution in [0.2, 0.25) is 0 Å². The summed E-state index contributed by atoms with van der Waals surface area (Å²) in [7, 11) is 0. The first-order valence-corrected chi connectivity index (χ1v) is 10.5. The molecule has 0 aliphatic heterocycles. The number of primary amides is 1. The van der Waals surface area contributed by atoms with Gasteiger partial charge in [0.15, 0.2) is 0 Å². The Bertz CT molecular complexity index is 1000. The van der Waals surface area contributed by atoms with Crippen LogP contribution in [0, 0.1) is 11.3 Å². The van der Waals surface area contributed by atoms with Gasteiger partial charge in [0.05, 0.1) is 12.2 Å². The van der Waals surface area contributed by atoms with Gasteiger partial charge in [-0.25, -0.2) is 0 Å². The number of para-hydroxylation sites is 1. The molecule has 0 saturated carbocycles. The molecule has 3 rings (SSSR count). The number of thiophene rings is 1. The maximum Gasteiger partial charge on any atom is 0.266 e. The zero-order valence-corrected chi connectivity index (χ0v) is 17.1. The van der Waals surface area contributed by atoms with Crippen LogP contribution in [-0.2, 0) is 17.6 Å². The monoisotopic (exact) mass is 409 g/mol. The molecule has 0 atom stereocenters. The highest BCUT2D eigenvalue weighted by molar-refractivity contribution is 7.17. The van der Waals surface area contributed by atoms with Gasteiger partial charge < -0.3 is 15.8 Å². The highest BCUT2D eigenvalue weighted by Crippen LogP contribution is 2.38. The lowest BCUT2D eigenvalue weighted by atomic mass is 9.95. The number of benzene rings is 1. The minimum atomic E-state index is -0.570. The minimum Gasteiger partial charge on any atom is -0.493 e. The van der Waals surface area contributed by atoms with Crippen LogP contribution in [0.25, 0.3) is 6.08 Å². The highest BCUT2D eigenvalue weighted by Gasteiger charge is 2.25. The van der Waals surface area contributed by atoms with Gasteiger partial charge >= 0.3 is 0 Å². The number of hydrogen-bond acceptors (Lipinski definition) is 5. The molecule has 3 N–H and O–H groups in total. The Balaban J connectivity index is 1.89. The molecule has 0 spiro atoms. The Morgan fingerprint density at radius 3 is 2.79 bits per heavy atom. The molecule has 0 bridgehead atoms. The van der Waals surface area contributed by atoms with Crippen molar-refractivity contribution in [1.29, 1.82) is 5.26 Å². The van der Waals surface area contributed by atoms with Gasteiger partial charge in [-0.2, -0.15) is 5.26 Å². The van der Waals surface area contributed by atoms with Gasteiger partial charge in [-0.3, -0.25) is 9.59 Å². The molecule has 0 unspecified atom stereocenters. The fraction of sp³-hybridized carbons (Fsp3) is 0.318. The summed E-state index contributed by atoms with van der Waals surface area (Å²) >= 11 is 1.37. The molecular formula is C22H23N3O3S. The van der Waals surface area contributed by atoms with Crippen molar-refractivity contribution in [2.75, 3.05) is 11.9 Å². The molecule has 2 amide bonds. The van der Waals surface area contributed by atoms with Gasteiger partial charge in [-0.15, -0.1) is 11.3 Å². The van der Waals surface area contributed by atoms with Crippen LogP contribution >= 0.6 is 11.3 Å². The van der Waals surface area contributed by atoms with Crippen LogP contribution < -0.4 is 15.8 Å². The molecule has 0 radical (unpaired) electrons. The van der Waals surface area contributed by atoms with E-state index in [9.17, 15) is 14.9 Å². The molecule has 0 fully saturated rings. The summed E-state index contributed by atoms with van der Waals surface area (Å²) in [5.41, 5.74) is 7.47. The molecule has 29 heavy (non-hydrogen) atoms. The van der Waals surface area contributed by atoms with Crippen molar-refractivity contribution in [3.8, 4) is 11.8 Å². The molecular weight excluding hydrogens is 386 g/mol. The number of ether oxygens (including phenoxy) is 1. The third-order valence-corrected chi connectivity index (χ3v) is 5.90. The Labute approximate surface area is 174 Å². The normalized spacial score (nSPS) is 13.3. The summed E-state index contributed by atoms with van der Waals surface area (Å²) in [4.78, 5) is 25.9. The summed E-state index contributed by atoms with van der Waals surface area (Å²) in [6.07, 6.45) is 6.05. The van der Waals surface area contributed by atoms with Crippen LogP contribution in [-0.4, -0.2) is 18.4 Å². The zero-order valence-electron chi connectivity index (χ0n) is 16.3. The Morgan fingerprint density at radius 2 is 2.07 bits per heavy atom. The lowest BCUT2D eigenvalue weighted by Crippen LogP contribution is -2.19. The number of carbonyl (C=O) groups is 2. The number of rotatable bonds is 7. The van der Waals surface area contributed by atoms with Crippen molar-refractivity contribution in [3.63, 3.8) is 0 Å². The molecule has 2 aromatic rings. The van der Waals surface area contributed by atoms with Gasteiger partial charge in [-0.1, -0.05) is 25.1 Å². The highest BCUT2D eigenvalue weighted by atomic mass is 32.1. The van der Waals surface area contributed by atoms with Crippen LogP contribution in [0.1, 0.15) is 52.5 Å². The number of nitrogens with one attached hydrogen (secondary N) is 1. The molecule has 6 nitrogen and oxygen atoms in total. The van der Waals surface area contributed by atoms with E-state index >= 15 is 0 Å². The smallest absolute Gasteiger partial charge is 0.266 e. The lowest BCUT2D eigenvalue weighted by Gasteiger charge is -2.11. The third kappa shape index (κ3) is 4.66. The number of anilines is 1. The van der Waals surface area contributed by atoms with E-state index in [0.717, 1.165) is 42.5 Å². The predicted octanol–water partition coefficient (Wildman–Crippen LogP) is 4.06. The second-order valence-corrected chi connectivity index (χ2v) is 7.89. The van der Waals surface area contributed by atoms with Crippen LogP contribution in [0.5, 0.6) is 5.75 Å². The van der Waals surface area contributed by atoms with Crippen molar-refractivity contribution in [2.24, 2.45) is 5.73 Å². The van der Waals surface area contributed by atoms with Gasteiger partial charge in [0.25, 0.3) is 11.8 Å². The van der Waals surface area contributed by atoms with Crippen LogP contribution in [0.4, 0.5) is 5.00 Å². The van der Waals surface area contributed by atoms with E-state index < -0.39 is 11.8 Å². The van der Waals surface area contributed by atoms with Crippen molar-refractivity contribution in [1.82, 2.24) is 0 Å². The average Bonchev–Trinajstić information content (AvgIpc) is 3.09. The fourth-order valence-electron chi connectivity index (χ4n) is 3.33. The van der Waals surface area contributed by atoms with Crippen LogP contribution in [0.3, 0.4) is 0 Å². The molecule has 7 heteroatoms. The summed E-state index contributed by atoms with van der Waals surface area (Å²) in [6.45, 7) is 2.55. The standard InChI is InChI=1S/C22H23N3O3S/c1-2-11-28-17-9-5-3-7-14(17)12-15(13-23)21(27)25-22-19(20(24)26)16-8-4-6-10-18(16)29-22/h3,5,7,9,12H,2,4,6,8,10-11H2,1H3,(H2,24,26)(H,25,27). The molecule has 1 aliphatic carbocycles. The van der Waals surface area contributed by atoms with Crippen LogP contribution in [0.15, 0.2) is 29.8 Å². The van der Waals surface area contributed by atoms with E-state index in [1.54, 1.807) is 12.1 Å². The van der Waals surface area contributed by atoms with E-state index in [0.29, 0.717) is 28.5 Å². The average molecular weight is 410 g/mol. The quantitative estimate of drug-likeness (QED) is 0.531. The number of nitrogens with zero attached hydrogens (tertiary/aromatic N) is 1. The van der Waals surface area contributed by atoms with Crippen molar-refractivity contribution in [2.45, 2.75) is 39.0 Å². The first kappa shape index (κ1) is 20.6. The number of hydrogen-bond donors (Lipinski definition) is 2. The molecule has 1 aromatic carbocycles. The number of fused-ring (bicyclic) bond motifs is 1. The third-order valence-electron chi connectivity index (χ3n) is 4.69. The van der Waals surface area contributed by atoms with E-state index in [1.807, 2.05) is 25.1 Å².